The summed E-state index contributed by atoms with van der Waals surface area (Å²) in [6.07, 6.45) is 6.86. The maximum absolute atomic E-state index is 10.0. The van der Waals surface area contributed by atoms with E-state index in [4.69, 9.17) is 37.7 Å². The van der Waals surface area contributed by atoms with Gasteiger partial charge in [-0.3, -0.25) is 9.55 Å². The second-order valence-corrected chi connectivity index (χ2v) is 16.7. The van der Waals surface area contributed by atoms with E-state index in [1.54, 1.807) is 12.4 Å². The summed E-state index contributed by atoms with van der Waals surface area (Å²) < 4.78 is 14.4. The highest BCUT2D eigenvalue weighted by molar-refractivity contribution is 6.76. The number of hydrogen-bond donors (Lipinski definition) is 1. The van der Waals surface area contributed by atoms with Gasteiger partial charge in [-0.15, -0.1) is 0 Å². The van der Waals surface area contributed by atoms with E-state index in [0.29, 0.717) is 41.3 Å². The minimum atomic E-state index is -1.20. The lowest BCUT2D eigenvalue weighted by Crippen LogP contribution is -2.24. The van der Waals surface area contributed by atoms with Crippen LogP contribution >= 0.6 is 23.2 Å². The number of ether oxygens (including phenoxy) is 2. The first-order chi connectivity index (χ1) is 16.2. The Bertz CT molecular complexity index is 1120. The van der Waals surface area contributed by atoms with Gasteiger partial charge in [0, 0.05) is 32.6 Å². The molecule has 1 N–H and O–H groups in total. The van der Waals surface area contributed by atoms with Crippen molar-refractivity contribution in [1.29, 1.82) is 0 Å². The zero-order valence-corrected chi connectivity index (χ0v) is 22.6. The monoisotopic (exact) mass is 521 g/mol. The zero-order valence-electron chi connectivity index (χ0n) is 20.1. The topological polar surface area (TPSA) is 69.4 Å². The Balaban J connectivity index is 1.68. The average Bonchev–Trinajstić information content (AvgIpc) is 3.15. The quantitative estimate of drug-likeness (QED) is 0.252. The van der Waals surface area contributed by atoms with Crippen LogP contribution in [0, 0.1) is 5.92 Å². The molecule has 1 aromatic carbocycles. The van der Waals surface area contributed by atoms with Crippen LogP contribution in [0.15, 0.2) is 30.6 Å². The number of pyridine rings is 1. The first kappa shape index (κ1) is 25.4. The van der Waals surface area contributed by atoms with Crippen molar-refractivity contribution in [3.05, 3.63) is 40.6 Å². The molecule has 2 atom stereocenters. The summed E-state index contributed by atoms with van der Waals surface area (Å²) in [7, 11) is -1.20. The zero-order chi connectivity index (χ0) is 24.3. The van der Waals surface area contributed by atoms with E-state index < -0.39 is 8.07 Å². The molecule has 0 bridgehead atoms. The number of nitrogens with zero attached hydrogens (tertiary/aromatic N) is 3. The molecule has 34 heavy (non-hydrogen) atoms. The summed E-state index contributed by atoms with van der Waals surface area (Å²) in [5, 5.41) is 10.8. The van der Waals surface area contributed by atoms with E-state index in [9.17, 15) is 5.11 Å². The second-order valence-electron chi connectivity index (χ2n) is 10.3. The molecule has 6 nitrogen and oxygen atoms in total. The largest absolute Gasteiger partial charge is 0.489 e. The van der Waals surface area contributed by atoms with Crippen molar-refractivity contribution in [1.82, 2.24) is 14.5 Å². The number of rotatable bonds is 9. The molecular formula is C25H33Cl2N3O3Si. The molecular weight excluding hydrogens is 489 g/mol. The number of fused-ring (bicyclic) bond motifs is 1. The Morgan fingerprint density at radius 2 is 1.94 bits per heavy atom. The van der Waals surface area contributed by atoms with Gasteiger partial charge in [0.25, 0.3) is 0 Å². The summed E-state index contributed by atoms with van der Waals surface area (Å²) in [4.78, 5) is 9.08. The number of imidazole rings is 1. The number of aromatic nitrogens is 3. The standard InChI is InChI=1S/C25H33Cl2N3O3Si/c1-34(2,3)12-11-32-16-30-21-14-20(26)22(27)24(33-15-17-5-4-6-19(31)13-17)23(21)29-25(30)18-7-9-28-10-8-18/h7-10,14,17,19,31H,4-6,11-13,15-16H2,1-3H3/t17?,19-/m0/s1. The lowest BCUT2D eigenvalue weighted by molar-refractivity contribution is 0.0812. The van der Waals surface area contributed by atoms with Crippen molar-refractivity contribution in [3.8, 4) is 17.1 Å². The molecule has 2 heterocycles. The van der Waals surface area contributed by atoms with Gasteiger partial charge in [-0.2, -0.15) is 0 Å². The van der Waals surface area contributed by atoms with Gasteiger partial charge in [0.2, 0.25) is 0 Å². The second kappa shape index (κ2) is 11.0. The number of aliphatic hydroxyl groups is 1. The Morgan fingerprint density at radius 3 is 2.65 bits per heavy atom. The number of hydrogen-bond acceptors (Lipinski definition) is 5. The van der Waals surface area contributed by atoms with Gasteiger partial charge < -0.3 is 14.6 Å². The van der Waals surface area contributed by atoms with Crippen LogP contribution in [0.25, 0.3) is 22.4 Å². The van der Waals surface area contributed by atoms with E-state index >= 15 is 0 Å². The average molecular weight is 523 g/mol. The Kier molecular flexibility index (Phi) is 8.20. The minimum Gasteiger partial charge on any atom is -0.489 e. The van der Waals surface area contributed by atoms with Crippen LogP contribution in [0.1, 0.15) is 25.7 Å². The van der Waals surface area contributed by atoms with Gasteiger partial charge in [-0.05, 0) is 49.4 Å². The molecule has 1 aliphatic carbocycles. The normalized spacial score (nSPS) is 19.0. The van der Waals surface area contributed by atoms with Crippen molar-refractivity contribution < 1.29 is 14.6 Å². The van der Waals surface area contributed by atoms with E-state index in [1.807, 2.05) is 22.8 Å². The fourth-order valence-corrected chi connectivity index (χ4v) is 5.45. The number of halogens is 2. The van der Waals surface area contributed by atoms with Gasteiger partial charge in [0.05, 0.1) is 23.3 Å². The van der Waals surface area contributed by atoms with Crippen molar-refractivity contribution in [3.63, 3.8) is 0 Å². The lowest BCUT2D eigenvalue weighted by atomic mass is 9.88. The predicted octanol–water partition coefficient (Wildman–Crippen LogP) is 6.65. The van der Waals surface area contributed by atoms with Crippen LogP contribution in [-0.2, 0) is 11.5 Å². The molecule has 184 valence electrons. The van der Waals surface area contributed by atoms with Crippen LogP contribution in [0.5, 0.6) is 5.75 Å². The first-order valence-corrected chi connectivity index (χ1v) is 16.4. The molecule has 1 fully saturated rings. The predicted molar refractivity (Wildman–Crippen MR) is 141 cm³/mol. The highest BCUT2D eigenvalue weighted by Gasteiger charge is 2.24. The van der Waals surface area contributed by atoms with Crippen molar-refractivity contribution >= 4 is 42.3 Å². The number of aliphatic hydroxyl groups excluding tert-OH is 1. The van der Waals surface area contributed by atoms with Crippen LogP contribution < -0.4 is 4.74 Å². The molecule has 1 aliphatic rings. The van der Waals surface area contributed by atoms with Crippen LogP contribution in [0.4, 0.5) is 0 Å². The molecule has 0 amide bonds. The Labute approximate surface area is 212 Å². The summed E-state index contributed by atoms with van der Waals surface area (Å²) in [5.41, 5.74) is 2.40. The van der Waals surface area contributed by atoms with Crippen molar-refractivity contribution in [2.75, 3.05) is 13.2 Å². The smallest absolute Gasteiger partial charge is 0.167 e. The summed E-state index contributed by atoms with van der Waals surface area (Å²) in [6, 6.07) is 6.76. The van der Waals surface area contributed by atoms with E-state index in [1.165, 1.54) is 0 Å². The maximum Gasteiger partial charge on any atom is 0.167 e. The summed E-state index contributed by atoms with van der Waals surface area (Å²) in [5.74, 6) is 1.52. The van der Waals surface area contributed by atoms with Gasteiger partial charge in [0.1, 0.15) is 23.1 Å². The molecule has 9 heteroatoms. The summed E-state index contributed by atoms with van der Waals surface area (Å²) >= 11 is 13.2. The maximum atomic E-state index is 10.0. The SMILES string of the molecule is C[Si](C)(C)CCOCn1c(-c2ccncc2)nc2c(OCC3CCC[C@H](O)C3)c(Cl)c(Cl)cc21. The highest BCUT2D eigenvalue weighted by Crippen LogP contribution is 2.41. The van der Waals surface area contributed by atoms with Gasteiger partial charge in [0.15, 0.2) is 5.75 Å². The molecule has 1 unspecified atom stereocenters. The molecule has 4 rings (SSSR count). The molecule has 3 aromatic rings. The van der Waals surface area contributed by atoms with E-state index in [-0.39, 0.29) is 12.0 Å². The molecule has 0 saturated heterocycles. The van der Waals surface area contributed by atoms with Gasteiger partial charge >= 0.3 is 0 Å². The fraction of sp³-hybridized carbons (Fsp3) is 0.520. The highest BCUT2D eigenvalue weighted by atomic mass is 35.5. The molecule has 0 aliphatic heterocycles. The van der Waals surface area contributed by atoms with Crippen LogP contribution in [-0.4, -0.2) is 47.0 Å². The first-order valence-electron chi connectivity index (χ1n) is 11.9. The Hall–Kier alpha value is -1.64. The van der Waals surface area contributed by atoms with Gasteiger partial charge in [-0.25, -0.2) is 4.98 Å². The van der Waals surface area contributed by atoms with Gasteiger partial charge in [-0.1, -0.05) is 49.3 Å². The number of benzene rings is 1. The van der Waals surface area contributed by atoms with E-state index in [2.05, 4.69) is 24.6 Å². The van der Waals surface area contributed by atoms with Crippen molar-refractivity contribution in [2.45, 2.75) is 64.2 Å². The van der Waals surface area contributed by atoms with Crippen LogP contribution in [0.3, 0.4) is 0 Å². The summed E-state index contributed by atoms with van der Waals surface area (Å²) in [6.45, 7) is 8.52. The van der Waals surface area contributed by atoms with Crippen molar-refractivity contribution in [2.24, 2.45) is 5.92 Å². The van der Waals surface area contributed by atoms with E-state index in [0.717, 1.165) is 48.6 Å². The molecule has 1 saturated carbocycles. The minimum absolute atomic E-state index is 0.261. The third kappa shape index (κ3) is 6.12. The molecule has 0 radical (unpaired) electrons. The third-order valence-electron chi connectivity index (χ3n) is 6.27. The third-order valence-corrected chi connectivity index (χ3v) is 8.74. The Morgan fingerprint density at radius 1 is 1.18 bits per heavy atom. The molecule has 0 spiro atoms. The van der Waals surface area contributed by atoms with Crippen LogP contribution in [0.2, 0.25) is 35.7 Å². The molecule has 2 aromatic heterocycles. The fourth-order valence-electron chi connectivity index (χ4n) is 4.31. The lowest BCUT2D eigenvalue weighted by Gasteiger charge is -2.26.